The molecule has 2 aromatic rings. The Hall–Kier alpha value is -2.27. The van der Waals surface area contributed by atoms with Crippen LogP contribution in [0.4, 0.5) is 0 Å². The van der Waals surface area contributed by atoms with Crippen LogP contribution in [0.25, 0.3) is 10.8 Å². The first-order valence-electron chi connectivity index (χ1n) is 7.61. The van der Waals surface area contributed by atoms with E-state index in [0.29, 0.717) is 27.3 Å². The highest BCUT2D eigenvalue weighted by Gasteiger charge is 2.20. The van der Waals surface area contributed by atoms with Crippen molar-refractivity contribution in [2.75, 3.05) is 0 Å². The third kappa shape index (κ3) is 4.17. The van der Waals surface area contributed by atoms with Crippen molar-refractivity contribution in [3.63, 3.8) is 0 Å². The van der Waals surface area contributed by atoms with Crippen molar-refractivity contribution < 1.29 is 23.8 Å². The Morgan fingerprint density at radius 1 is 1.04 bits per heavy atom. The smallest absolute Gasteiger partial charge is 0.308 e. The molecule has 5 nitrogen and oxygen atoms in total. The molecule has 0 aromatic heterocycles. The van der Waals surface area contributed by atoms with Crippen molar-refractivity contribution in [1.82, 2.24) is 0 Å². The van der Waals surface area contributed by atoms with Gasteiger partial charge < -0.3 is 14.2 Å². The van der Waals surface area contributed by atoms with Crippen molar-refractivity contribution in [2.24, 2.45) is 0 Å². The lowest BCUT2D eigenvalue weighted by Crippen LogP contribution is -2.13. The van der Waals surface area contributed by atoms with Gasteiger partial charge in [-0.15, -0.1) is 0 Å². The highest BCUT2D eigenvalue weighted by molar-refractivity contribution is 6.31. The molecule has 0 radical (unpaired) electrons. The fourth-order valence-corrected chi connectivity index (χ4v) is 2.36. The molecule has 0 N–H and O–H groups in total. The largest absolute Gasteiger partial charge is 0.487 e. The van der Waals surface area contributed by atoms with Crippen LogP contribution < -0.4 is 14.2 Å². The van der Waals surface area contributed by atoms with Crippen LogP contribution in [-0.4, -0.2) is 18.0 Å². The average molecular weight is 351 g/mol. The molecular formula is C18H19ClO5. The van der Waals surface area contributed by atoms with Crippen molar-refractivity contribution in [1.29, 1.82) is 0 Å². The number of ether oxygens (including phenoxy) is 3. The normalized spacial score (nSPS) is 11.9. The second-order valence-electron chi connectivity index (χ2n) is 5.42. The van der Waals surface area contributed by atoms with Crippen LogP contribution in [-0.2, 0) is 9.59 Å². The Balaban J connectivity index is 2.73. The van der Waals surface area contributed by atoms with Crippen LogP contribution in [0.3, 0.4) is 0 Å². The van der Waals surface area contributed by atoms with Gasteiger partial charge in [0.1, 0.15) is 5.75 Å². The maximum atomic E-state index is 11.5. The lowest BCUT2D eigenvalue weighted by Gasteiger charge is -2.19. The second-order valence-corrected chi connectivity index (χ2v) is 5.85. The monoisotopic (exact) mass is 350 g/mol. The van der Waals surface area contributed by atoms with Gasteiger partial charge in [-0.05, 0) is 31.5 Å². The second kappa shape index (κ2) is 7.53. The Morgan fingerprint density at radius 2 is 1.71 bits per heavy atom. The van der Waals surface area contributed by atoms with Crippen LogP contribution in [0.5, 0.6) is 17.2 Å². The zero-order chi connectivity index (χ0) is 17.9. The van der Waals surface area contributed by atoms with Crippen LogP contribution >= 0.6 is 11.6 Å². The number of carbonyl (C=O) groups is 2. The molecule has 128 valence electrons. The molecule has 0 aliphatic carbocycles. The minimum atomic E-state index is -0.472. The molecule has 2 rings (SSSR count). The van der Waals surface area contributed by atoms with E-state index in [2.05, 4.69) is 0 Å². The predicted molar refractivity (Wildman–Crippen MR) is 92.0 cm³/mol. The number of esters is 2. The number of carbonyl (C=O) groups excluding carboxylic acids is 2. The molecule has 0 fully saturated rings. The van der Waals surface area contributed by atoms with Crippen LogP contribution in [0.15, 0.2) is 24.3 Å². The quantitative estimate of drug-likeness (QED) is 0.586. The molecular weight excluding hydrogens is 332 g/mol. The fraction of sp³-hybridized carbons (Fsp3) is 0.333. The van der Waals surface area contributed by atoms with Crippen molar-refractivity contribution in [3.05, 3.63) is 29.3 Å². The SMILES string of the molecule is CCC(C)Oc1cc(OC(C)=O)c2cc(Cl)ccc2c1OC(C)=O. The fourth-order valence-electron chi connectivity index (χ4n) is 2.19. The molecule has 0 saturated carbocycles. The molecule has 0 bridgehead atoms. The number of rotatable bonds is 5. The van der Waals surface area contributed by atoms with E-state index in [1.807, 2.05) is 13.8 Å². The molecule has 0 saturated heterocycles. The summed E-state index contributed by atoms with van der Waals surface area (Å²) in [5.74, 6) is -0.0170. The lowest BCUT2D eigenvalue weighted by atomic mass is 10.1. The number of benzene rings is 2. The number of hydrogen-bond acceptors (Lipinski definition) is 5. The van der Waals surface area contributed by atoms with Crippen LogP contribution in [0.2, 0.25) is 5.02 Å². The first-order valence-corrected chi connectivity index (χ1v) is 7.99. The summed E-state index contributed by atoms with van der Waals surface area (Å²) in [5.41, 5.74) is 0. The molecule has 1 unspecified atom stereocenters. The maximum absolute atomic E-state index is 11.5. The molecule has 0 heterocycles. The van der Waals surface area contributed by atoms with E-state index in [0.717, 1.165) is 6.42 Å². The number of halogens is 1. The van der Waals surface area contributed by atoms with E-state index in [4.69, 9.17) is 25.8 Å². The minimum absolute atomic E-state index is 0.103. The Morgan fingerprint density at radius 3 is 2.29 bits per heavy atom. The van der Waals surface area contributed by atoms with E-state index in [-0.39, 0.29) is 11.9 Å². The number of hydrogen-bond donors (Lipinski definition) is 0. The van der Waals surface area contributed by atoms with Crippen molar-refractivity contribution in [2.45, 2.75) is 40.2 Å². The summed E-state index contributed by atoms with van der Waals surface area (Å²) in [4.78, 5) is 22.9. The first kappa shape index (κ1) is 18.1. The van der Waals surface area contributed by atoms with Gasteiger partial charge in [0.15, 0.2) is 11.5 Å². The summed E-state index contributed by atoms with van der Waals surface area (Å²) in [7, 11) is 0. The van der Waals surface area contributed by atoms with Gasteiger partial charge in [0.05, 0.1) is 6.10 Å². The van der Waals surface area contributed by atoms with Crippen molar-refractivity contribution >= 4 is 34.3 Å². The molecule has 0 spiro atoms. The van der Waals surface area contributed by atoms with E-state index in [1.54, 1.807) is 24.3 Å². The standard InChI is InChI=1S/C18H19ClO5/c1-5-10(2)22-17-9-16(23-11(3)20)15-8-13(19)6-7-14(15)18(17)24-12(4)21/h6-10H,5H2,1-4H3. The molecule has 1 atom stereocenters. The summed E-state index contributed by atoms with van der Waals surface area (Å²) in [6, 6.07) is 6.56. The van der Waals surface area contributed by atoms with Gasteiger partial charge in [-0.3, -0.25) is 9.59 Å². The predicted octanol–water partition coefficient (Wildman–Crippen LogP) is 4.52. The molecule has 0 amide bonds. The Labute approximate surface area is 145 Å². The lowest BCUT2D eigenvalue weighted by molar-refractivity contribution is -0.133. The molecule has 6 heteroatoms. The Bertz CT molecular complexity index is 785. The summed E-state index contributed by atoms with van der Waals surface area (Å²) >= 11 is 6.05. The summed E-state index contributed by atoms with van der Waals surface area (Å²) in [6.45, 7) is 6.50. The topological polar surface area (TPSA) is 61.8 Å². The van der Waals surface area contributed by atoms with Gasteiger partial charge >= 0.3 is 11.9 Å². The highest BCUT2D eigenvalue weighted by Crippen LogP contribution is 2.43. The maximum Gasteiger partial charge on any atom is 0.308 e. The van der Waals surface area contributed by atoms with Gasteiger partial charge in [-0.1, -0.05) is 18.5 Å². The van der Waals surface area contributed by atoms with E-state index < -0.39 is 11.9 Å². The molecule has 0 aliphatic rings. The van der Waals surface area contributed by atoms with Crippen LogP contribution in [0.1, 0.15) is 34.1 Å². The number of fused-ring (bicyclic) bond motifs is 1. The van der Waals surface area contributed by atoms with Gasteiger partial charge in [0.25, 0.3) is 0 Å². The third-order valence-electron chi connectivity index (χ3n) is 3.38. The Kier molecular flexibility index (Phi) is 5.67. The zero-order valence-electron chi connectivity index (χ0n) is 14.0. The molecule has 0 aliphatic heterocycles. The summed E-state index contributed by atoms with van der Waals surface area (Å²) < 4.78 is 16.5. The van der Waals surface area contributed by atoms with Crippen LogP contribution in [0, 0.1) is 0 Å². The zero-order valence-corrected chi connectivity index (χ0v) is 14.8. The average Bonchev–Trinajstić information content (AvgIpc) is 2.49. The molecule has 2 aromatic carbocycles. The summed E-state index contributed by atoms with van der Waals surface area (Å²) in [5, 5.41) is 1.61. The minimum Gasteiger partial charge on any atom is -0.487 e. The van der Waals surface area contributed by atoms with Gasteiger partial charge in [-0.2, -0.15) is 0 Å². The van der Waals surface area contributed by atoms with E-state index in [1.165, 1.54) is 13.8 Å². The third-order valence-corrected chi connectivity index (χ3v) is 3.62. The van der Waals surface area contributed by atoms with Crippen molar-refractivity contribution in [3.8, 4) is 17.2 Å². The first-order chi connectivity index (χ1) is 11.3. The highest BCUT2D eigenvalue weighted by atomic mass is 35.5. The van der Waals surface area contributed by atoms with Gasteiger partial charge in [-0.25, -0.2) is 0 Å². The van der Waals surface area contributed by atoms with E-state index >= 15 is 0 Å². The van der Waals surface area contributed by atoms with Gasteiger partial charge in [0, 0.05) is 35.7 Å². The summed E-state index contributed by atoms with van der Waals surface area (Å²) in [6.07, 6.45) is 0.662. The van der Waals surface area contributed by atoms with Gasteiger partial charge in [0.2, 0.25) is 0 Å². The molecule has 24 heavy (non-hydrogen) atoms. The van der Waals surface area contributed by atoms with E-state index in [9.17, 15) is 9.59 Å².